The predicted molar refractivity (Wildman–Crippen MR) is 63.2 cm³/mol. The van der Waals surface area contributed by atoms with E-state index >= 15 is 0 Å². The molecule has 86 valence electrons. The second-order valence-corrected chi connectivity index (χ2v) is 4.20. The lowest BCUT2D eigenvalue weighted by molar-refractivity contribution is 0.475. The molecule has 0 bridgehead atoms. The van der Waals surface area contributed by atoms with E-state index in [2.05, 4.69) is 19.2 Å². The van der Waals surface area contributed by atoms with Gasteiger partial charge in [0.15, 0.2) is 0 Å². The molecule has 0 heterocycles. The third kappa shape index (κ3) is 8.48. The maximum Gasteiger partial charge on any atom is 0.00513 e. The number of hydrogen-bond donors (Lipinski definition) is 3. The molecule has 0 saturated heterocycles. The Morgan fingerprint density at radius 1 is 1.29 bits per heavy atom. The first-order chi connectivity index (χ1) is 6.70. The highest BCUT2D eigenvalue weighted by Gasteiger charge is 2.01. The van der Waals surface area contributed by atoms with Crippen molar-refractivity contribution in [3.63, 3.8) is 0 Å². The van der Waals surface area contributed by atoms with Crippen LogP contribution < -0.4 is 16.8 Å². The Kier molecular flexibility index (Phi) is 9.35. The molecule has 0 aliphatic heterocycles. The molecule has 0 saturated carbocycles. The van der Waals surface area contributed by atoms with Gasteiger partial charge in [-0.15, -0.1) is 0 Å². The molecule has 0 spiro atoms. The van der Waals surface area contributed by atoms with Gasteiger partial charge < -0.3 is 16.8 Å². The normalized spacial score (nSPS) is 15.4. The summed E-state index contributed by atoms with van der Waals surface area (Å²) >= 11 is 0. The molecule has 0 radical (unpaired) electrons. The topological polar surface area (TPSA) is 64.1 Å². The molecular weight excluding hydrogens is 174 g/mol. The van der Waals surface area contributed by atoms with E-state index < -0.39 is 0 Å². The number of rotatable bonds is 9. The fraction of sp³-hybridized carbons (Fsp3) is 1.00. The highest BCUT2D eigenvalue weighted by molar-refractivity contribution is 4.63. The van der Waals surface area contributed by atoms with Gasteiger partial charge in [-0.05, 0) is 44.8 Å². The lowest BCUT2D eigenvalue weighted by atomic mass is 10.1. The summed E-state index contributed by atoms with van der Waals surface area (Å²) in [6.45, 7) is 7.42. The Bertz CT molecular complexity index is 117. The van der Waals surface area contributed by atoms with Crippen molar-refractivity contribution in [3.05, 3.63) is 0 Å². The van der Waals surface area contributed by atoms with Gasteiger partial charge in [0.25, 0.3) is 0 Å². The average molecular weight is 201 g/mol. The van der Waals surface area contributed by atoms with Gasteiger partial charge in [-0.1, -0.05) is 20.3 Å². The van der Waals surface area contributed by atoms with E-state index in [1.807, 2.05) is 0 Å². The fourth-order valence-corrected chi connectivity index (χ4v) is 1.34. The third-order valence-corrected chi connectivity index (χ3v) is 2.66. The molecule has 0 aromatic carbocycles. The molecule has 2 atom stereocenters. The van der Waals surface area contributed by atoms with Gasteiger partial charge in [0.2, 0.25) is 0 Å². The molecule has 0 aromatic rings. The molecule has 5 N–H and O–H groups in total. The first-order valence-electron chi connectivity index (χ1n) is 5.87. The Morgan fingerprint density at radius 3 is 2.57 bits per heavy atom. The standard InChI is InChI=1S/C11H27N3/c1-3-10(2)9-14-8-4-5-11(13)6-7-12/h10-11,14H,3-9,12-13H2,1-2H3. The monoisotopic (exact) mass is 201 g/mol. The number of nitrogens with one attached hydrogen (secondary N) is 1. The summed E-state index contributed by atoms with van der Waals surface area (Å²) in [4.78, 5) is 0. The van der Waals surface area contributed by atoms with Crippen LogP contribution in [0.2, 0.25) is 0 Å². The van der Waals surface area contributed by atoms with E-state index in [4.69, 9.17) is 11.5 Å². The van der Waals surface area contributed by atoms with E-state index in [0.717, 1.165) is 38.3 Å². The van der Waals surface area contributed by atoms with Gasteiger partial charge in [0, 0.05) is 6.04 Å². The van der Waals surface area contributed by atoms with Crippen LogP contribution in [0.1, 0.15) is 39.5 Å². The molecule has 0 aromatic heterocycles. The van der Waals surface area contributed by atoms with E-state index in [9.17, 15) is 0 Å². The minimum Gasteiger partial charge on any atom is -0.330 e. The first kappa shape index (κ1) is 13.9. The van der Waals surface area contributed by atoms with Crippen molar-refractivity contribution in [2.45, 2.75) is 45.6 Å². The van der Waals surface area contributed by atoms with Gasteiger partial charge in [0.05, 0.1) is 0 Å². The zero-order valence-corrected chi connectivity index (χ0v) is 9.76. The maximum absolute atomic E-state index is 5.84. The van der Waals surface area contributed by atoms with Crippen LogP contribution in [0, 0.1) is 5.92 Å². The highest BCUT2D eigenvalue weighted by atomic mass is 14.8. The lowest BCUT2D eigenvalue weighted by Gasteiger charge is -2.12. The fourth-order valence-electron chi connectivity index (χ4n) is 1.34. The summed E-state index contributed by atoms with van der Waals surface area (Å²) in [5, 5.41) is 3.45. The van der Waals surface area contributed by atoms with Gasteiger partial charge in [-0.2, -0.15) is 0 Å². The van der Waals surface area contributed by atoms with Gasteiger partial charge in [0.1, 0.15) is 0 Å². The number of hydrogen-bond acceptors (Lipinski definition) is 3. The predicted octanol–water partition coefficient (Wildman–Crippen LogP) is 1.08. The van der Waals surface area contributed by atoms with Crippen molar-refractivity contribution in [1.82, 2.24) is 5.32 Å². The maximum atomic E-state index is 5.84. The van der Waals surface area contributed by atoms with Gasteiger partial charge in [-0.25, -0.2) is 0 Å². The Hall–Kier alpha value is -0.120. The first-order valence-corrected chi connectivity index (χ1v) is 5.87. The van der Waals surface area contributed by atoms with Crippen LogP contribution in [0.15, 0.2) is 0 Å². The summed E-state index contributed by atoms with van der Waals surface area (Å²) < 4.78 is 0. The van der Waals surface area contributed by atoms with E-state index in [1.54, 1.807) is 0 Å². The van der Waals surface area contributed by atoms with Crippen LogP contribution >= 0.6 is 0 Å². The number of nitrogens with two attached hydrogens (primary N) is 2. The largest absolute Gasteiger partial charge is 0.330 e. The van der Waals surface area contributed by atoms with Gasteiger partial charge in [-0.3, -0.25) is 0 Å². The smallest absolute Gasteiger partial charge is 0.00513 e. The zero-order chi connectivity index (χ0) is 10.8. The molecular formula is C11H27N3. The molecule has 0 fully saturated rings. The molecule has 0 amide bonds. The van der Waals surface area contributed by atoms with Crippen LogP contribution in [-0.4, -0.2) is 25.7 Å². The summed E-state index contributed by atoms with van der Waals surface area (Å²) in [5.41, 5.74) is 11.3. The van der Waals surface area contributed by atoms with Crippen molar-refractivity contribution in [1.29, 1.82) is 0 Å². The lowest BCUT2D eigenvalue weighted by Crippen LogP contribution is -2.26. The van der Waals surface area contributed by atoms with Crippen LogP contribution in [-0.2, 0) is 0 Å². The van der Waals surface area contributed by atoms with Crippen molar-refractivity contribution < 1.29 is 0 Å². The van der Waals surface area contributed by atoms with Crippen molar-refractivity contribution in [2.75, 3.05) is 19.6 Å². The van der Waals surface area contributed by atoms with Crippen LogP contribution in [0.5, 0.6) is 0 Å². The molecule has 14 heavy (non-hydrogen) atoms. The van der Waals surface area contributed by atoms with Crippen molar-refractivity contribution >= 4 is 0 Å². The van der Waals surface area contributed by atoms with Crippen LogP contribution in [0.4, 0.5) is 0 Å². The van der Waals surface area contributed by atoms with E-state index in [1.165, 1.54) is 6.42 Å². The molecule has 3 nitrogen and oxygen atoms in total. The highest BCUT2D eigenvalue weighted by Crippen LogP contribution is 1.99. The summed E-state index contributed by atoms with van der Waals surface area (Å²) in [6.07, 6.45) is 4.45. The molecule has 0 aliphatic carbocycles. The zero-order valence-electron chi connectivity index (χ0n) is 9.76. The Balaban J connectivity index is 3.13. The Morgan fingerprint density at radius 2 is 2.00 bits per heavy atom. The molecule has 0 rings (SSSR count). The second kappa shape index (κ2) is 9.44. The Labute approximate surface area is 88.6 Å². The quantitative estimate of drug-likeness (QED) is 0.489. The van der Waals surface area contributed by atoms with Crippen LogP contribution in [0.25, 0.3) is 0 Å². The third-order valence-electron chi connectivity index (χ3n) is 2.66. The minimum absolute atomic E-state index is 0.297. The van der Waals surface area contributed by atoms with Crippen LogP contribution in [0.3, 0.4) is 0 Å². The van der Waals surface area contributed by atoms with Crippen molar-refractivity contribution in [2.24, 2.45) is 17.4 Å². The average Bonchev–Trinajstić information content (AvgIpc) is 2.17. The van der Waals surface area contributed by atoms with Gasteiger partial charge >= 0.3 is 0 Å². The molecule has 2 unspecified atom stereocenters. The SMILES string of the molecule is CCC(C)CNCCCC(N)CCN. The second-order valence-electron chi connectivity index (χ2n) is 4.20. The minimum atomic E-state index is 0.297. The van der Waals surface area contributed by atoms with E-state index in [-0.39, 0.29) is 0 Å². The molecule has 0 aliphatic rings. The van der Waals surface area contributed by atoms with E-state index in [0.29, 0.717) is 12.6 Å². The summed E-state index contributed by atoms with van der Waals surface area (Å²) in [6, 6.07) is 0.297. The summed E-state index contributed by atoms with van der Waals surface area (Å²) in [5.74, 6) is 0.785. The summed E-state index contributed by atoms with van der Waals surface area (Å²) in [7, 11) is 0. The molecule has 3 heteroatoms. The van der Waals surface area contributed by atoms with Crippen molar-refractivity contribution in [3.8, 4) is 0 Å².